The van der Waals surface area contributed by atoms with Crippen LogP contribution in [-0.4, -0.2) is 28.6 Å². The van der Waals surface area contributed by atoms with Crippen molar-refractivity contribution in [3.63, 3.8) is 0 Å². The van der Waals surface area contributed by atoms with Gasteiger partial charge in [-0.05, 0) is 17.2 Å². The van der Waals surface area contributed by atoms with Crippen LogP contribution in [-0.2, 0) is 22.7 Å². The Morgan fingerprint density at radius 2 is 1.67 bits per heavy atom. The minimum Gasteiger partial charge on any atom is -0.392 e. The molecular formula is C20H21NO3. The SMILES string of the molecule is O=C1C[C@H](OCc2ccccc2)/C(=C\CO)N1Cc1ccccc1. The van der Waals surface area contributed by atoms with Gasteiger partial charge in [0.25, 0.3) is 0 Å². The van der Waals surface area contributed by atoms with Gasteiger partial charge in [-0.15, -0.1) is 0 Å². The first-order chi connectivity index (χ1) is 11.8. The standard InChI is InChI=1S/C20H21NO3/c22-12-11-18-19(24-15-17-9-5-2-6-10-17)13-20(23)21(18)14-16-7-3-1-4-8-16/h1-11,19,22H,12-15H2/b18-11+/t19-/m0/s1. The Balaban J connectivity index is 1.71. The van der Waals surface area contributed by atoms with Gasteiger partial charge in [0, 0.05) is 5.70 Å². The molecule has 2 aromatic carbocycles. The summed E-state index contributed by atoms with van der Waals surface area (Å²) in [6, 6.07) is 19.7. The highest BCUT2D eigenvalue weighted by molar-refractivity contribution is 5.82. The minimum absolute atomic E-state index is 0.0246. The van der Waals surface area contributed by atoms with Crippen LogP contribution in [0, 0.1) is 0 Å². The lowest BCUT2D eigenvalue weighted by Crippen LogP contribution is -2.24. The summed E-state index contributed by atoms with van der Waals surface area (Å²) < 4.78 is 5.95. The fraction of sp³-hybridized carbons (Fsp3) is 0.250. The number of aliphatic hydroxyl groups is 1. The van der Waals surface area contributed by atoms with Crippen molar-refractivity contribution in [2.24, 2.45) is 0 Å². The van der Waals surface area contributed by atoms with Crippen molar-refractivity contribution >= 4 is 5.91 Å². The van der Waals surface area contributed by atoms with Crippen molar-refractivity contribution in [3.05, 3.63) is 83.6 Å². The van der Waals surface area contributed by atoms with Crippen molar-refractivity contribution in [1.82, 2.24) is 4.90 Å². The molecule has 1 heterocycles. The maximum absolute atomic E-state index is 12.4. The summed E-state index contributed by atoms with van der Waals surface area (Å²) in [6.07, 6.45) is 1.67. The zero-order valence-corrected chi connectivity index (χ0v) is 13.5. The van der Waals surface area contributed by atoms with Gasteiger partial charge < -0.3 is 14.7 Å². The van der Waals surface area contributed by atoms with E-state index in [1.165, 1.54) is 0 Å². The Morgan fingerprint density at radius 1 is 1.04 bits per heavy atom. The van der Waals surface area contributed by atoms with E-state index in [-0.39, 0.29) is 18.6 Å². The van der Waals surface area contributed by atoms with Crippen LogP contribution < -0.4 is 0 Å². The first-order valence-corrected chi connectivity index (χ1v) is 8.08. The smallest absolute Gasteiger partial charge is 0.230 e. The topological polar surface area (TPSA) is 49.8 Å². The van der Waals surface area contributed by atoms with Crippen LogP contribution in [0.3, 0.4) is 0 Å². The zero-order valence-electron chi connectivity index (χ0n) is 13.5. The monoisotopic (exact) mass is 323 g/mol. The fourth-order valence-corrected chi connectivity index (χ4v) is 2.89. The molecule has 124 valence electrons. The fourth-order valence-electron chi connectivity index (χ4n) is 2.89. The lowest BCUT2D eigenvalue weighted by Gasteiger charge is -2.21. The van der Waals surface area contributed by atoms with Gasteiger partial charge in [0.2, 0.25) is 5.91 Å². The third kappa shape index (κ3) is 3.91. The van der Waals surface area contributed by atoms with Crippen LogP contribution in [0.5, 0.6) is 0 Å². The molecule has 1 saturated heterocycles. The van der Waals surface area contributed by atoms with Crippen molar-refractivity contribution in [2.75, 3.05) is 6.61 Å². The largest absolute Gasteiger partial charge is 0.392 e. The molecular weight excluding hydrogens is 302 g/mol. The number of rotatable bonds is 6. The van der Waals surface area contributed by atoms with Gasteiger partial charge in [0.05, 0.1) is 26.2 Å². The summed E-state index contributed by atoms with van der Waals surface area (Å²) in [5.74, 6) is 0.0246. The maximum atomic E-state index is 12.4. The molecule has 3 rings (SSSR count). The molecule has 0 saturated carbocycles. The van der Waals surface area contributed by atoms with Gasteiger partial charge >= 0.3 is 0 Å². The second-order valence-corrected chi connectivity index (χ2v) is 5.77. The number of benzene rings is 2. The van der Waals surface area contributed by atoms with E-state index in [1.54, 1.807) is 11.0 Å². The normalized spacial score (nSPS) is 19.2. The van der Waals surface area contributed by atoms with E-state index >= 15 is 0 Å². The number of hydrogen-bond donors (Lipinski definition) is 1. The second-order valence-electron chi connectivity index (χ2n) is 5.77. The third-order valence-corrected chi connectivity index (χ3v) is 4.08. The van der Waals surface area contributed by atoms with Gasteiger partial charge in [-0.2, -0.15) is 0 Å². The van der Waals surface area contributed by atoms with Crippen molar-refractivity contribution in [3.8, 4) is 0 Å². The van der Waals surface area contributed by atoms with E-state index in [9.17, 15) is 9.90 Å². The van der Waals surface area contributed by atoms with Gasteiger partial charge in [-0.1, -0.05) is 60.7 Å². The van der Waals surface area contributed by atoms with Crippen LogP contribution in [0.15, 0.2) is 72.4 Å². The number of aliphatic hydroxyl groups excluding tert-OH is 1. The van der Waals surface area contributed by atoms with E-state index in [0.29, 0.717) is 19.6 Å². The highest BCUT2D eigenvalue weighted by Crippen LogP contribution is 2.28. The Bertz CT molecular complexity index is 697. The maximum Gasteiger partial charge on any atom is 0.230 e. The molecule has 4 heteroatoms. The summed E-state index contributed by atoms with van der Waals surface area (Å²) in [5.41, 5.74) is 2.87. The van der Waals surface area contributed by atoms with Gasteiger partial charge in [-0.25, -0.2) is 0 Å². The number of hydrogen-bond acceptors (Lipinski definition) is 3. The molecule has 1 aliphatic rings. The molecule has 0 unspecified atom stereocenters. The Kier molecular flexibility index (Phi) is 5.41. The third-order valence-electron chi connectivity index (χ3n) is 4.08. The first-order valence-electron chi connectivity index (χ1n) is 8.08. The van der Waals surface area contributed by atoms with E-state index < -0.39 is 0 Å². The molecule has 1 amide bonds. The molecule has 0 spiro atoms. The van der Waals surface area contributed by atoms with Gasteiger partial charge in [-0.3, -0.25) is 4.79 Å². The molecule has 1 fully saturated rings. The number of ether oxygens (including phenoxy) is 1. The number of carbonyl (C=O) groups excluding carboxylic acids is 1. The number of carbonyl (C=O) groups is 1. The Hall–Kier alpha value is -2.43. The van der Waals surface area contributed by atoms with E-state index in [1.807, 2.05) is 60.7 Å². The molecule has 0 bridgehead atoms. The Labute approximate surface area is 142 Å². The van der Waals surface area contributed by atoms with Crippen molar-refractivity contribution in [2.45, 2.75) is 25.7 Å². The van der Waals surface area contributed by atoms with Crippen LogP contribution >= 0.6 is 0 Å². The summed E-state index contributed by atoms with van der Waals surface area (Å²) in [4.78, 5) is 14.1. The molecule has 2 aromatic rings. The molecule has 0 aromatic heterocycles. The van der Waals surface area contributed by atoms with Crippen LogP contribution in [0.1, 0.15) is 17.5 Å². The average Bonchev–Trinajstić information content (AvgIpc) is 2.91. The highest BCUT2D eigenvalue weighted by atomic mass is 16.5. The zero-order chi connectivity index (χ0) is 16.8. The first kappa shape index (κ1) is 16.4. The molecule has 1 aliphatic heterocycles. The summed E-state index contributed by atoms with van der Waals surface area (Å²) in [7, 11) is 0. The summed E-state index contributed by atoms with van der Waals surface area (Å²) in [6.45, 7) is 0.830. The van der Waals surface area contributed by atoms with Crippen LogP contribution in [0.25, 0.3) is 0 Å². The lowest BCUT2D eigenvalue weighted by atomic mass is 10.2. The van der Waals surface area contributed by atoms with Crippen molar-refractivity contribution < 1.29 is 14.6 Å². The number of amides is 1. The summed E-state index contributed by atoms with van der Waals surface area (Å²) >= 11 is 0. The molecule has 1 N–H and O–H groups in total. The predicted molar refractivity (Wildman–Crippen MR) is 91.8 cm³/mol. The number of nitrogens with zero attached hydrogens (tertiary/aromatic N) is 1. The van der Waals surface area contributed by atoms with Crippen LogP contribution in [0.2, 0.25) is 0 Å². The summed E-state index contributed by atoms with van der Waals surface area (Å²) in [5, 5.41) is 9.33. The Morgan fingerprint density at radius 3 is 2.29 bits per heavy atom. The van der Waals surface area contributed by atoms with E-state index in [0.717, 1.165) is 16.8 Å². The molecule has 4 nitrogen and oxygen atoms in total. The van der Waals surface area contributed by atoms with Crippen LogP contribution in [0.4, 0.5) is 0 Å². The lowest BCUT2D eigenvalue weighted by molar-refractivity contribution is -0.127. The average molecular weight is 323 g/mol. The van der Waals surface area contributed by atoms with Crippen molar-refractivity contribution in [1.29, 1.82) is 0 Å². The molecule has 0 radical (unpaired) electrons. The minimum atomic E-state index is -0.312. The van der Waals surface area contributed by atoms with E-state index in [4.69, 9.17) is 4.74 Å². The number of likely N-dealkylation sites (tertiary alicyclic amines) is 1. The van der Waals surface area contributed by atoms with E-state index in [2.05, 4.69) is 0 Å². The predicted octanol–water partition coefficient (Wildman–Crippen LogP) is 2.88. The molecule has 1 atom stereocenters. The molecule has 24 heavy (non-hydrogen) atoms. The highest BCUT2D eigenvalue weighted by Gasteiger charge is 2.35. The van der Waals surface area contributed by atoms with Gasteiger partial charge in [0.15, 0.2) is 0 Å². The van der Waals surface area contributed by atoms with Gasteiger partial charge in [0.1, 0.15) is 6.10 Å². The molecule has 0 aliphatic carbocycles. The quantitative estimate of drug-likeness (QED) is 0.889. The second kappa shape index (κ2) is 7.90.